The van der Waals surface area contributed by atoms with E-state index in [2.05, 4.69) is 0 Å². The molecular formula is C29H36O12. The maximum Gasteiger partial charge on any atom is 0.178 e. The Morgan fingerprint density at radius 3 is 2.34 bits per heavy atom. The molecule has 3 aliphatic rings. The van der Waals surface area contributed by atoms with Gasteiger partial charge in [0, 0.05) is 23.6 Å². The zero-order valence-corrected chi connectivity index (χ0v) is 23.3. The number of aliphatic hydroxyl groups is 5. The van der Waals surface area contributed by atoms with Gasteiger partial charge >= 0.3 is 0 Å². The van der Waals surface area contributed by atoms with Gasteiger partial charge in [-0.25, -0.2) is 0 Å². The van der Waals surface area contributed by atoms with Crippen LogP contribution in [0.4, 0.5) is 0 Å². The molecule has 0 saturated heterocycles. The van der Waals surface area contributed by atoms with Crippen LogP contribution in [-0.2, 0) is 11.2 Å². The predicted molar refractivity (Wildman–Crippen MR) is 142 cm³/mol. The van der Waals surface area contributed by atoms with E-state index in [0.29, 0.717) is 46.3 Å². The molecule has 41 heavy (non-hydrogen) atoms. The lowest BCUT2D eigenvalue weighted by Crippen LogP contribution is -2.50. The summed E-state index contributed by atoms with van der Waals surface area (Å²) in [5, 5.41) is 48.8. The van der Waals surface area contributed by atoms with Crippen LogP contribution in [0.15, 0.2) is 24.3 Å². The van der Waals surface area contributed by atoms with Crippen LogP contribution in [0.5, 0.6) is 28.7 Å². The molecule has 5 N–H and O–H groups in total. The van der Waals surface area contributed by atoms with Crippen molar-refractivity contribution in [2.75, 3.05) is 34.0 Å². The Hall–Kier alpha value is -3.13. The first kappa shape index (κ1) is 29.4. The Morgan fingerprint density at radius 2 is 1.66 bits per heavy atom. The number of carbonyl (C=O) groups is 1. The number of carbonyl (C=O) groups excluding carboxylic acids is 1. The van der Waals surface area contributed by atoms with Crippen molar-refractivity contribution in [2.45, 2.75) is 68.4 Å². The Labute approximate surface area is 236 Å². The minimum atomic E-state index is -1.75. The second-order valence-electron chi connectivity index (χ2n) is 11.0. The van der Waals surface area contributed by atoms with Gasteiger partial charge in [-0.15, -0.1) is 0 Å². The molecule has 7 unspecified atom stereocenters. The smallest absolute Gasteiger partial charge is 0.178 e. The Morgan fingerprint density at radius 1 is 0.976 bits per heavy atom. The number of ether oxygens (including phenoxy) is 6. The second-order valence-corrected chi connectivity index (χ2v) is 11.0. The van der Waals surface area contributed by atoms with Crippen molar-refractivity contribution in [3.8, 4) is 28.7 Å². The van der Waals surface area contributed by atoms with E-state index in [1.165, 1.54) is 14.2 Å². The molecule has 0 bridgehead atoms. The lowest BCUT2D eigenvalue weighted by Gasteiger charge is -2.37. The number of fused-ring (bicyclic) bond motifs is 6. The highest BCUT2D eigenvalue weighted by Crippen LogP contribution is 2.50. The summed E-state index contributed by atoms with van der Waals surface area (Å²) in [6.07, 6.45) is -7.38. The third-order valence-electron chi connectivity index (χ3n) is 8.05. The molecule has 3 heterocycles. The molecule has 5 rings (SSSR count). The maximum atomic E-state index is 13.8. The predicted octanol–water partition coefficient (Wildman–Crippen LogP) is 0.358. The van der Waals surface area contributed by atoms with Gasteiger partial charge in [0.15, 0.2) is 17.3 Å². The van der Waals surface area contributed by atoms with Crippen molar-refractivity contribution < 1.29 is 58.7 Å². The lowest BCUT2D eigenvalue weighted by atomic mass is 9.81. The fraction of sp³-hybridized carbons (Fsp3) is 0.552. The van der Waals surface area contributed by atoms with Gasteiger partial charge in [-0.3, -0.25) is 4.79 Å². The summed E-state index contributed by atoms with van der Waals surface area (Å²) in [5.41, 5.74) is 0.842. The SMILES string of the molecule is COc1cc2c(cc1OC)C1C(=O)c3ccc4c(c3OC1CO2)CC(C(C)(C)OCC(O)C(O)C(O)C(O)CO)O4. The van der Waals surface area contributed by atoms with E-state index in [1.807, 2.05) is 0 Å². The summed E-state index contributed by atoms with van der Waals surface area (Å²) in [7, 11) is 3.06. The molecule has 0 amide bonds. The van der Waals surface area contributed by atoms with Crippen molar-refractivity contribution in [1.82, 2.24) is 0 Å². The number of rotatable bonds is 10. The van der Waals surface area contributed by atoms with E-state index in [1.54, 1.807) is 38.1 Å². The summed E-state index contributed by atoms with van der Waals surface area (Å²) in [4.78, 5) is 13.8. The molecular weight excluding hydrogens is 540 g/mol. The fourth-order valence-corrected chi connectivity index (χ4v) is 5.51. The van der Waals surface area contributed by atoms with E-state index < -0.39 is 54.7 Å². The molecule has 12 nitrogen and oxygen atoms in total. The van der Waals surface area contributed by atoms with Gasteiger partial charge in [-0.05, 0) is 32.0 Å². The molecule has 2 aromatic carbocycles. The van der Waals surface area contributed by atoms with Crippen molar-refractivity contribution in [3.63, 3.8) is 0 Å². The minimum Gasteiger partial charge on any atom is -0.493 e. The number of methoxy groups -OCH3 is 2. The molecule has 0 aliphatic carbocycles. The van der Waals surface area contributed by atoms with Gasteiger partial charge in [-0.2, -0.15) is 0 Å². The van der Waals surface area contributed by atoms with Gasteiger partial charge in [0.05, 0.1) is 44.5 Å². The number of hydrogen-bond acceptors (Lipinski definition) is 12. The monoisotopic (exact) mass is 576 g/mol. The van der Waals surface area contributed by atoms with E-state index in [9.17, 15) is 25.2 Å². The first-order valence-corrected chi connectivity index (χ1v) is 13.4. The first-order valence-electron chi connectivity index (χ1n) is 13.4. The Bertz CT molecular complexity index is 1290. The van der Waals surface area contributed by atoms with Crippen LogP contribution in [0, 0.1) is 0 Å². The van der Waals surface area contributed by atoms with E-state index in [4.69, 9.17) is 33.5 Å². The molecule has 0 saturated carbocycles. The maximum absolute atomic E-state index is 13.8. The molecule has 0 spiro atoms. The second kappa shape index (κ2) is 11.3. The minimum absolute atomic E-state index is 0.101. The molecule has 7 atom stereocenters. The van der Waals surface area contributed by atoms with Crippen LogP contribution in [0.2, 0.25) is 0 Å². The van der Waals surface area contributed by atoms with Gasteiger partial charge in [0.25, 0.3) is 0 Å². The highest BCUT2D eigenvalue weighted by atomic mass is 16.6. The number of ketones is 1. The first-order chi connectivity index (χ1) is 19.5. The summed E-state index contributed by atoms with van der Waals surface area (Å²) in [6.45, 7) is 2.52. The summed E-state index contributed by atoms with van der Waals surface area (Å²) >= 11 is 0. The van der Waals surface area contributed by atoms with Crippen LogP contribution in [0.3, 0.4) is 0 Å². The summed E-state index contributed by atoms with van der Waals surface area (Å²) < 4.78 is 35.2. The third-order valence-corrected chi connectivity index (χ3v) is 8.05. The lowest BCUT2D eigenvalue weighted by molar-refractivity contribution is -0.157. The molecule has 224 valence electrons. The zero-order chi connectivity index (χ0) is 29.6. The van der Waals surface area contributed by atoms with Crippen LogP contribution < -0.4 is 23.7 Å². The molecule has 0 fully saturated rings. The van der Waals surface area contributed by atoms with Crippen molar-refractivity contribution in [1.29, 1.82) is 0 Å². The number of hydrogen-bond donors (Lipinski definition) is 5. The van der Waals surface area contributed by atoms with E-state index >= 15 is 0 Å². The molecule has 0 radical (unpaired) electrons. The molecule has 2 aromatic rings. The topological polar surface area (TPSA) is 174 Å². The summed E-state index contributed by atoms with van der Waals surface area (Å²) in [5.74, 6) is 1.82. The quantitative estimate of drug-likeness (QED) is 0.263. The van der Waals surface area contributed by atoms with Crippen molar-refractivity contribution >= 4 is 5.78 Å². The van der Waals surface area contributed by atoms with Gasteiger partial charge < -0.3 is 54.0 Å². The Balaban J connectivity index is 1.33. The van der Waals surface area contributed by atoms with E-state index in [0.717, 1.165) is 5.56 Å². The number of aliphatic hydroxyl groups excluding tert-OH is 5. The van der Waals surface area contributed by atoms with Crippen LogP contribution in [-0.4, -0.2) is 108 Å². The van der Waals surface area contributed by atoms with Gasteiger partial charge in [0.2, 0.25) is 0 Å². The van der Waals surface area contributed by atoms with Crippen molar-refractivity contribution in [2.24, 2.45) is 0 Å². The largest absolute Gasteiger partial charge is 0.493 e. The van der Waals surface area contributed by atoms with Gasteiger partial charge in [0.1, 0.15) is 60.5 Å². The highest BCUT2D eigenvalue weighted by molar-refractivity contribution is 6.06. The van der Waals surface area contributed by atoms with E-state index in [-0.39, 0.29) is 19.0 Å². The Kier molecular flexibility index (Phi) is 8.07. The molecule has 3 aliphatic heterocycles. The van der Waals surface area contributed by atoms with Crippen LogP contribution >= 0.6 is 0 Å². The van der Waals surface area contributed by atoms with Crippen LogP contribution in [0.1, 0.15) is 41.3 Å². The average Bonchev–Trinajstić information content (AvgIpc) is 3.44. The number of benzene rings is 2. The summed E-state index contributed by atoms with van der Waals surface area (Å²) in [6, 6.07) is 6.87. The molecule has 0 aromatic heterocycles. The highest BCUT2D eigenvalue weighted by Gasteiger charge is 2.47. The van der Waals surface area contributed by atoms with Crippen LogP contribution in [0.25, 0.3) is 0 Å². The standard InChI is InChI=1S/C29H36O12/c1-29(2,39-11-17(32)27(35)26(34)16(31)10-30)23-8-15-18(40-23)6-5-13-25(33)24-14-7-20(36-3)21(37-4)9-19(14)38-12-22(24)41-28(13)15/h5-7,9,16-17,22-24,26-27,30-32,34-35H,8,10-12H2,1-4H3. The van der Waals surface area contributed by atoms with Crippen molar-refractivity contribution in [3.05, 3.63) is 41.0 Å². The fourth-order valence-electron chi connectivity index (χ4n) is 5.51. The third kappa shape index (κ3) is 5.20. The van der Waals surface area contributed by atoms with Gasteiger partial charge in [-0.1, -0.05) is 0 Å². The average molecular weight is 577 g/mol. The number of Topliss-reactive ketones (excluding diaryl/α,β-unsaturated/α-hetero) is 1. The molecule has 12 heteroatoms. The zero-order valence-electron chi connectivity index (χ0n) is 23.3. The normalized spacial score (nSPS) is 23.8.